The standard InChI is InChI=1S/C11H8BrN3O2/c12-7-1-2-9(16)8(3-7)10(17)6-4-14-11(13)15-5-6/h1-5,16H,(H2,13,14,15). The Balaban J connectivity index is 2.43. The molecule has 6 heteroatoms. The van der Waals surface area contributed by atoms with Gasteiger partial charge in [-0.15, -0.1) is 0 Å². The summed E-state index contributed by atoms with van der Waals surface area (Å²) in [6.45, 7) is 0. The van der Waals surface area contributed by atoms with Crippen LogP contribution in [0.1, 0.15) is 15.9 Å². The highest BCUT2D eigenvalue weighted by molar-refractivity contribution is 9.10. The summed E-state index contributed by atoms with van der Waals surface area (Å²) >= 11 is 3.23. The zero-order valence-corrected chi connectivity index (χ0v) is 10.2. The molecule has 1 aromatic heterocycles. The Kier molecular flexibility index (Phi) is 3.06. The summed E-state index contributed by atoms with van der Waals surface area (Å²) in [5, 5.41) is 9.61. The van der Waals surface area contributed by atoms with Crippen molar-refractivity contribution in [2.24, 2.45) is 0 Å². The number of hydrogen-bond acceptors (Lipinski definition) is 5. The van der Waals surface area contributed by atoms with Crippen LogP contribution in [0.4, 0.5) is 5.95 Å². The lowest BCUT2D eigenvalue weighted by atomic mass is 10.1. The molecule has 2 rings (SSSR count). The molecule has 0 unspecified atom stereocenters. The Morgan fingerprint density at radius 1 is 1.29 bits per heavy atom. The monoisotopic (exact) mass is 293 g/mol. The molecule has 5 nitrogen and oxygen atoms in total. The molecule has 0 saturated heterocycles. The fraction of sp³-hybridized carbons (Fsp3) is 0. The number of phenols is 1. The van der Waals surface area contributed by atoms with Gasteiger partial charge in [-0.25, -0.2) is 9.97 Å². The first-order valence-electron chi connectivity index (χ1n) is 4.68. The maximum Gasteiger partial charge on any atom is 0.219 e. The zero-order chi connectivity index (χ0) is 12.4. The highest BCUT2D eigenvalue weighted by Gasteiger charge is 2.14. The van der Waals surface area contributed by atoms with Crippen LogP contribution in [0.5, 0.6) is 5.75 Å². The summed E-state index contributed by atoms with van der Waals surface area (Å²) in [5.41, 5.74) is 5.79. The number of carbonyl (C=O) groups is 1. The average molecular weight is 294 g/mol. The second-order valence-corrected chi connectivity index (χ2v) is 4.24. The van der Waals surface area contributed by atoms with Crippen LogP contribution < -0.4 is 5.73 Å². The van der Waals surface area contributed by atoms with Gasteiger partial charge in [-0.3, -0.25) is 4.79 Å². The van der Waals surface area contributed by atoms with E-state index in [1.165, 1.54) is 24.5 Å². The first-order chi connectivity index (χ1) is 8.08. The van der Waals surface area contributed by atoms with E-state index in [-0.39, 0.29) is 28.6 Å². The van der Waals surface area contributed by atoms with Gasteiger partial charge in [0.2, 0.25) is 5.95 Å². The average Bonchev–Trinajstić information content (AvgIpc) is 2.32. The topological polar surface area (TPSA) is 89.1 Å². The second-order valence-electron chi connectivity index (χ2n) is 3.32. The van der Waals surface area contributed by atoms with Gasteiger partial charge >= 0.3 is 0 Å². The van der Waals surface area contributed by atoms with Gasteiger partial charge in [0.05, 0.1) is 11.1 Å². The molecule has 0 amide bonds. The summed E-state index contributed by atoms with van der Waals surface area (Å²) in [7, 11) is 0. The molecule has 1 aromatic carbocycles. The molecular weight excluding hydrogens is 286 g/mol. The number of phenolic OH excluding ortho intramolecular Hbond substituents is 1. The van der Waals surface area contributed by atoms with E-state index in [1.807, 2.05) is 0 Å². The Morgan fingerprint density at radius 3 is 2.59 bits per heavy atom. The lowest BCUT2D eigenvalue weighted by molar-refractivity contribution is 0.103. The molecule has 2 aromatic rings. The number of nitrogens with zero attached hydrogens (tertiary/aromatic N) is 2. The van der Waals surface area contributed by atoms with Crippen molar-refractivity contribution in [2.75, 3.05) is 5.73 Å². The number of aromatic nitrogens is 2. The number of halogens is 1. The highest BCUT2D eigenvalue weighted by atomic mass is 79.9. The number of hydrogen-bond donors (Lipinski definition) is 2. The lowest BCUT2D eigenvalue weighted by Gasteiger charge is -2.04. The predicted molar refractivity (Wildman–Crippen MR) is 65.7 cm³/mol. The molecule has 0 saturated carbocycles. The van der Waals surface area contributed by atoms with E-state index in [4.69, 9.17) is 5.73 Å². The third-order valence-electron chi connectivity index (χ3n) is 2.14. The van der Waals surface area contributed by atoms with Gasteiger partial charge in [-0.2, -0.15) is 0 Å². The van der Waals surface area contributed by atoms with Gasteiger partial charge in [0.1, 0.15) is 5.75 Å². The fourth-order valence-electron chi connectivity index (χ4n) is 1.30. The van der Waals surface area contributed by atoms with Crippen LogP contribution >= 0.6 is 15.9 Å². The van der Waals surface area contributed by atoms with E-state index in [0.717, 1.165) is 0 Å². The number of anilines is 1. The summed E-state index contributed by atoms with van der Waals surface area (Å²) < 4.78 is 0.704. The van der Waals surface area contributed by atoms with Crippen molar-refractivity contribution >= 4 is 27.7 Å². The first-order valence-corrected chi connectivity index (χ1v) is 5.48. The van der Waals surface area contributed by atoms with Crippen LogP contribution in [-0.2, 0) is 0 Å². The Hall–Kier alpha value is -1.95. The van der Waals surface area contributed by atoms with Gasteiger partial charge in [0.25, 0.3) is 0 Å². The van der Waals surface area contributed by atoms with Crippen LogP contribution in [0.3, 0.4) is 0 Å². The number of carbonyl (C=O) groups excluding carboxylic acids is 1. The van der Waals surface area contributed by atoms with Crippen molar-refractivity contribution in [1.82, 2.24) is 9.97 Å². The zero-order valence-electron chi connectivity index (χ0n) is 8.59. The third kappa shape index (κ3) is 2.42. The molecule has 0 atom stereocenters. The van der Waals surface area contributed by atoms with Crippen molar-refractivity contribution in [3.05, 3.63) is 46.2 Å². The van der Waals surface area contributed by atoms with E-state index in [2.05, 4.69) is 25.9 Å². The number of nitrogen functional groups attached to an aromatic ring is 1. The van der Waals surface area contributed by atoms with Crippen LogP contribution in [0.25, 0.3) is 0 Å². The van der Waals surface area contributed by atoms with Gasteiger partial charge in [0.15, 0.2) is 5.78 Å². The first kappa shape index (κ1) is 11.5. The van der Waals surface area contributed by atoms with E-state index in [1.54, 1.807) is 6.07 Å². The smallest absolute Gasteiger partial charge is 0.219 e. The Morgan fingerprint density at radius 2 is 1.94 bits per heavy atom. The molecule has 3 N–H and O–H groups in total. The largest absolute Gasteiger partial charge is 0.507 e. The van der Waals surface area contributed by atoms with Crippen LogP contribution in [0, 0.1) is 0 Å². The molecule has 0 radical (unpaired) electrons. The Labute approximate surface area is 105 Å². The van der Waals surface area contributed by atoms with E-state index >= 15 is 0 Å². The normalized spacial score (nSPS) is 10.2. The second kappa shape index (κ2) is 4.50. The highest BCUT2D eigenvalue weighted by Crippen LogP contribution is 2.24. The number of ketones is 1. The minimum absolute atomic E-state index is 0.0879. The third-order valence-corrected chi connectivity index (χ3v) is 2.63. The molecule has 0 aliphatic carbocycles. The molecule has 0 aliphatic rings. The van der Waals surface area contributed by atoms with Gasteiger partial charge in [-0.05, 0) is 18.2 Å². The summed E-state index contributed by atoms with van der Waals surface area (Å²) in [4.78, 5) is 19.5. The fourth-order valence-corrected chi connectivity index (χ4v) is 1.66. The minimum Gasteiger partial charge on any atom is -0.507 e. The quantitative estimate of drug-likeness (QED) is 0.824. The molecule has 0 fully saturated rings. The van der Waals surface area contributed by atoms with Crippen LogP contribution in [0.2, 0.25) is 0 Å². The van der Waals surface area contributed by atoms with Crippen molar-refractivity contribution in [1.29, 1.82) is 0 Å². The number of benzene rings is 1. The molecule has 1 heterocycles. The summed E-state index contributed by atoms with van der Waals surface area (Å²) in [5.74, 6) is -0.348. The number of rotatable bonds is 2. The molecule has 17 heavy (non-hydrogen) atoms. The summed E-state index contributed by atoms with van der Waals surface area (Å²) in [6.07, 6.45) is 2.65. The van der Waals surface area contributed by atoms with E-state index in [9.17, 15) is 9.90 Å². The van der Waals surface area contributed by atoms with Crippen LogP contribution in [-0.4, -0.2) is 20.9 Å². The van der Waals surface area contributed by atoms with Crippen molar-refractivity contribution < 1.29 is 9.90 Å². The Bertz CT molecular complexity index is 569. The molecule has 0 spiro atoms. The molecule has 86 valence electrons. The SMILES string of the molecule is Nc1ncc(C(=O)c2cc(Br)ccc2O)cn1. The molecule has 0 aliphatic heterocycles. The van der Waals surface area contributed by atoms with E-state index in [0.29, 0.717) is 4.47 Å². The van der Waals surface area contributed by atoms with Gasteiger partial charge in [0, 0.05) is 16.9 Å². The summed E-state index contributed by atoms with van der Waals surface area (Å²) in [6, 6.07) is 4.62. The van der Waals surface area contributed by atoms with Gasteiger partial charge < -0.3 is 10.8 Å². The van der Waals surface area contributed by atoms with Gasteiger partial charge in [-0.1, -0.05) is 15.9 Å². The molecule has 0 bridgehead atoms. The van der Waals surface area contributed by atoms with Crippen LogP contribution in [0.15, 0.2) is 35.1 Å². The predicted octanol–water partition coefficient (Wildman–Crippen LogP) is 1.76. The maximum absolute atomic E-state index is 12.0. The number of nitrogens with two attached hydrogens (primary N) is 1. The van der Waals surface area contributed by atoms with Crippen molar-refractivity contribution in [2.45, 2.75) is 0 Å². The maximum atomic E-state index is 12.0. The lowest BCUT2D eigenvalue weighted by Crippen LogP contribution is -2.04. The van der Waals surface area contributed by atoms with E-state index < -0.39 is 0 Å². The van der Waals surface area contributed by atoms with Crippen molar-refractivity contribution in [3.63, 3.8) is 0 Å². The molecular formula is C11H8BrN3O2. The number of aromatic hydroxyl groups is 1. The van der Waals surface area contributed by atoms with Crippen molar-refractivity contribution in [3.8, 4) is 5.75 Å². The minimum atomic E-state index is -0.358.